The van der Waals surface area contributed by atoms with Crippen molar-refractivity contribution >= 4 is 5.95 Å². The molecule has 1 aliphatic heterocycles. The Morgan fingerprint density at radius 3 is 2.88 bits per heavy atom. The van der Waals surface area contributed by atoms with Crippen molar-refractivity contribution in [1.82, 2.24) is 14.5 Å². The minimum Gasteiger partial charge on any atom is -0.356 e. The molecule has 1 N–H and O–H groups in total. The molecule has 1 aliphatic rings. The Morgan fingerprint density at radius 2 is 2.18 bits per heavy atom. The number of anilines is 1. The highest BCUT2D eigenvalue weighted by molar-refractivity contribution is 5.25. The van der Waals surface area contributed by atoms with Gasteiger partial charge in [-0.25, -0.2) is 4.98 Å². The fourth-order valence-corrected chi connectivity index (χ4v) is 2.38. The molecular weight excluding hydrogens is 212 g/mol. The summed E-state index contributed by atoms with van der Waals surface area (Å²) in [6.45, 7) is 6.76. The van der Waals surface area contributed by atoms with E-state index in [1.165, 1.54) is 25.9 Å². The lowest BCUT2D eigenvalue weighted by molar-refractivity contribution is 0.205. The fraction of sp³-hybridized carbons (Fsp3) is 0.769. The Kier molecular flexibility index (Phi) is 4.42. The number of piperidine rings is 1. The Hall–Kier alpha value is -1.03. The predicted octanol–water partition coefficient (Wildman–Crippen LogP) is 2.05. The Balaban J connectivity index is 1.87. The Morgan fingerprint density at radius 1 is 1.41 bits per heavy atom. The van der Waals surface area contributed by atoms with Gasteiger partial charge in [-0.2, -0.15) is 0 Å². The lowest BCUT2D eigenvalue weighted by Crippen LogP contribution is -2.32. The topological polar surface area (TPSA) is 33.1 Å². The van der Waals surface area contributed by atoms with Gasteiger partial charge in [-0.15, -0.1) is 0 Å². The van der Waals surface area contributed by atoms with Gasteiger partial charge in [-0.3, -0.25) is 0 Å². The molecule has 96 valence electrons. The summed E-state index contributed by atoms with van der Waals surface area (Å²) < 4.78 is 2.27. The van der Waals surface area contributed by atoms with Crippen molar-refractivity contribution in [2.75, 3.05) is 32.0 Å². The molecule has 4 nitrogen and oxygen atoms in total. The van der Waals surface area contributed by atoms with Gasteiger partial charge in [-0.1, -0.05) is 6.92 Å². The molecule has 17 heavy (non-hydrogen) atoms. The zero-order valence-electron chi connectivity index (χ0n) is 11.0. The first kappa shape index (κ1) is 12.4. The molecular formula is C13H24N4. The molecule has 0 aromatic carbocycles. The van der Waals surface area contributed by atoms with E-state index in [2.05, 4.69) is 39.9 Å². The standard InChI is InChI=1S/C13H24N4/c1-3-6-14-13-15-7-10-17(13)11-12-4-8-16(2)9-5-12/h7,10,12H,3-6,8-9,11H2,1-2H3,(H,14,15). The van der Waals surface area contributed by atoms with Gasteiger partial charge in [0.15, 0.2) is 0 Å². The molecule has 0 amide bonds. The predicted molar refractivity (Wildman–Crippen MR) is 71.2 cm³/mol. The second kappa shape index (κ2) is 6.05. The van der Waals surface area contributed by atoms with E-state index in [-0.39, 0.29) is 0 Å². The number of nitrogens with zero attached hydrogens (tertiary/aromatic N) is 3. The van der Waals surface area contributed by atoms with Crippen LogP contribution in [0.5, 0.6) is 0 Å². The van der Waals surface area contributed by atoms with Crippen molar-refractivity contribution in [3.8, 4) is 0 Å². The summed E-state index contributed by atoms with van der Waals surface area (Å²) in [6, 6.07) is 0. The molecule has 1 fully saturated rings. The monoisotopic (exact) mass is 236 g/mol. The third-order valence-corrected chi connectivity index (χ3v) is 3.54. The number of likely N-dealkylation sites (tertiary alicyclic amines) is 1. The molecule has 0 unspecified atom stereocenters. The van der Waals surface area contributed by atoms with Crippen LogP contribution in [-0.4, -0.2) is 41.1 Å². The number of imidazole rings is 1. The van der Waals surface area contributed by atoms with E-state index in [0.29, 0.717) is 0 Å². The summed E-state index contributed by atoms with van der Waals surface area (Å²) in [5, 5.41) is 3.38. The highest BCUT2D eigenvalue weighted by atomic mass is 15.2. The summed E-state index contributed by atoms with van der Waals surface area (Å²) in [5.74, 6) is 1.84. The largest absolute Gasteiger partial charge is 0.356 e. The van der Waals surface area contributed by atoms with E-state index in [1.54, 1.807) is 0 Å². The van der Waals surface area contributed by atoms with Crippen molar-refractivity contribution in [2.24, 2.45) is 5.92 Å². The smallest absolute Gasteiger partial charge is 0.202 e. The average molecular weight is 236 g/mol. The van der Waals surface area contributed by atoms with E-state index in [9.17, 15) is 0 Å². The lowest BCUT2D eigenvalue weighted by atomic mass is 9.97. The van der Waals surface area contributed by atoms with Crippen molar-refractivity contribution in [3.05, 3.63) is 12.4 Å². The van der Waals surface area contributed by atoms with E-state index >= 15 is 0 Å². The van der Waals surface area contributed by atoms with Gasteiger partial charge in [0.2, 0.25) is 5.95 Å². The molecule has 0 aliphatic carbocycles. The van der Waals surface area contributed by atoms with Crippen molar-refractivity contribution in [1.29, 1.82) is 0 Å². The van der Waals surface area contributed by atoms with E-state index in [4.69, 9.17) is 0 Å². The first-order chi connectivity index (χ1) is 8.29. The molecule has 1 saturated heterocycles. The summed E-state index contributed by atoms with van der Waals surface area (Å²) in [5.41, 5.74) is 0. The van der Waals surface area contributed by atoms with Crippen LogP contribution in [0.4, 0.5) is 5.95 Å². The van der Waals surface area contributed by atoms with Gasteiger partial charge in [0, 0.05) is 25.5 Å². The minimum atomic E-state index is 0.808. The highest BCUT2D eigenvalue weighted by Gasteiger charge is 2.17. The van der Waals surface area contributed by atoms with Crippen LogP contribution in [0.2, 0.25) is 0 Å². The minimum absolute atomic E-state index is 0.808. The van der Waals surface area contributed by atoms with Gasteiger partial charge in [0.25, 0.3) is 0 Å². The molecule has 1 aromatic heterocycles. The van der Waals surface area contributed by atoms with Gasteiger partial charge in [0.1, 0.15) is 0 Å². The van der Waals surface area contributed by atoms with Crippen LogP contribution in [0.25, 0.3) is 0 Å². The number of hydrogen-bond donors (Lipinski definition) is 1. The number of rotatable bonds is 5. The van der Waals surface area contributed by atoms with Crippen molar-refractivity contribution in [2.45, 2.75) is 32.7 Å². The van der Waals surface area contributed by atoms with Crippen LogP contribution in [0, 0.1) is 5.92 Å². The highest BCUT2D eigenvalue weighted by Crippen LogP contribution is 2.19. The number of aromatic nitrogens is 2. The maximum atomic E-state index is 4.38. The van der Waals surface area contributed by atoms with Crippen LogP contribution < -0.4 is 5.32 Å². The fourth-order valence-electron chi connectivity index (χ4n) is 2.38. The van der Waals surface area contributed by atoms with Crippen LogP contribution in [0.3, 0.4) is 0 Å². The molecule has 0 bridgehead atoms. The van der Waals surface area contributed by atoms with Crippen LogP contribution in [-0.2, 0) is 6.54 Å². The second-order valence-electron chi connectivity index (χ2n) is 5.08. The normalized spacial score (nSPS) is 18.5. The summed E-state index contributed by atoms with van der Waals surface area (Å²) in [7, 11) is 2.21. The van der Waals surface area contributed by atoms with E-state index < -0.39 is 0 Å². The molecule has 0 atom stereocenters. The van der Waals surface area contributed by atoms with E-state index in [0.717, 1.165) is 31.4 Å². The SMILES string of the molecule is CCCNc1nccn1CC1CCN(C)CC1. The zero-order chi connectivity index (χ0) is 12.1. The van der Waals surface area contributed by atoms with Crippen molar-refractivity contribution in [3.63, 3.8) is 0 Å². The Labute approximate surface area is 104 Å². The lowest BCUT2D eigenvalue weighted by Gasteiger charge is -2.29. The van der Waals surface area contributed by atoms with E-state index in [1.807, 2.05) is 6.20 Å². The van der Waals surface area contributed by atoms with Crippen LogP contribution in [0.15, 0.2) is 12.4 Å². The maximum Gasteiger partial charge on any atom is 0.202 e. The summed E-state index contributed by atoms with van der Waals surface area (Å²) in [4.78, 5) is 6.79. The Bertz CT molecular complexity index is 326. The van der Waals surface area contributed by atoms with Crippen LogP contribution in [0.1, 0.15) is 26.2 Å². The number of nitrogens with one attached hydrogen (secondary N) is 1. The van der Waals surface area contributed by atoms with Crippen molar-refractivity contribution < 1.29 is 0 Å². The van der Waals surface area contributed by atoms with Crippen LogP contribution >= 0.6 is 0 Å². The third kappa shape index (κ3) is 3.46. The first-order valence-corrected chi connectivity index (χ1v) is 6.73. The molecule has 2 heterocycles. The molecule has 0 saturated carbocycles. The summed E-state index contributed by atoms with van der Waals surface area (Å²) >= 11 is 0. The molecule has 4 heteroatoms. The first-order valence-electron chi connectivity index (χ1n) is 6.73. The van der Waals surface area contributed by atoms with Gasteiger partial charge in [0.05, 0.1) is 0 Å². The average Bonchev–Trinajstić information content (AvgIpc) is 2.77. The van der Waals surface area contributed by atoms with Gasteiger partial charge < -0.3 is 14.8 Å². The molecule has 0 spiro atoms. The molecule has 0 radical (unpaired) electrons. The summed E-state index contributed by atoms with van der Waals surface area (Å²) in [6.07, 6.45) is 7.74. The zero-order valence-corrected chi connectivity index (χ0v) is 11.0. The van der Waals surface area contributed by atoms with Gasteiger partial charge >= 0.3 is 0 Å². The second-order valence-corrected chi connectivity index (χ2v) is 5.08. The number of hydrogen-bond acceptors (Lipinski definition) is 3. The molecule has 2 rings (SSSR count). The maximum absolute atomic E-state index is 4.38. The molecule has 1 aromatic rings. The quantitative estimate of drug-likeness (QED) is 0.849. The van der Waals surface area contributed by atoms with Gasteiger partial charge in [-0.05, 0) is 45.3 Å². The third-order valence-electron chi connectivity index (χ3n) is 3.54.